The molecule has 3 fully saturated rings. The van der Waals surface area contributed by atoms with Crippen molar-refractivity contribution in [2.45, 2.75) is 37.6 Å². The standard InChI is InChI=1S/C16H24N4O2S/c1-18-5-7-19(8-6-18)16(21)14-10-12-13(22-14)2-4-20(12)11-15-17-3-9-23-15/h3,9,12-14H,2,4-8,10-11H2,1H3/t12-,13-,14+/m0/s1. The fraction of sp³-hybridized carbons (Fsp3) is 0.750. The quantitative estimate of drug-likeness (QED) is 0.811. The summed E-state index contributed by atoms with van der Waals surface area (Å²) in [6, 6.07) is 0.375. The Morgan fingerprint density at radius 3 is 2.91 bits per heavy atom. The number of amides is 1. The highest BCUT2D eigenvalue weighted by atomic mass is 32.1. The molecule has 0 aliphatic carbocycles. The molecule has 3 aliphatic heterocycles. The zero-order valence-electron chi connectivity index (χ0n) is 13.6. The van der Waals surface area contributed by atoms with E-state index >= 15 is 0 Å². The maximum atomic E-state index is 12.7. The van der Waals surface area contributed by atoms with Gasteiger partial charge in [0.15, 0.2) is 0 Å². The molecule has 4 heterocycles. The van der Waals surface area contributed by atoms with Crippen LogP contribution in [0.5, 0.6) is 0 Å². The summed E-state index contributed by atoms with van der Waals surface area (Å²) in [4.78, 5) is 23.8. The van der Waals surface area contributed by atoms with E-state index in [-0.39, 0.29) is 18.1 Å². The number of piperazine rings is 1. The van der Waals surface area contributed by atoms with Gasteiger partial charge in [-0.1, -0.05) is 0 Å². The summed E-state index contributed by atoms with van der Waals surface area (Å²) in [5.41, 5.74) is 0. The minimum absolute atomic E-state index is 0.196. The Morgan fingerprint density at radius 2 is 2.17 bits per heavy atom. The summed E-state index contributed by atoms with van der Waals surface area (Å²) in [6.07, 6.45) is 3.70. The van der Waals surface area contributed by atoms with Crippen molar-refractivity contribution in [1.29, 1.82) is 0 Å². The van der Waals surface area contributed by atoms with Crippen LogP contribution in [0.4, 0.5) is 0 Å². The number of fused-ring (bicyclic) bond motifs is 1. The van der Waals surface area contributed by atoms with Crippen molar-refractivity contribution in [2.24, 2.45) is 0 Å². The van der Waals surface area contributed by atoms with Crippen molar-refractivity contribution < 1.29 is 9.53 Å². The Labute approximate surface area is 141 Å². The average molecular weight is 336 g/mol. The van der Waals surface area contributed by atoms with E-state index in [9.17, 15) is 4.79 Å². The number of rotatable bonds is 3. The first-order chi connectivity index (χ1) is 11.2. The lowest BCUT2D eigenvalue weighted by Crippen LogP contribution is -2.50. The highest BCUT2D eigenvalue weighted by Gasteiger charge is 2.46. The summed E-state index contributed by atoms with van der Waals surface area (Å²) in [5.74, 6) is 0.196. The zero-order valence-corrected chi connectivity index (χ0v) is 14.4. The van der Waals surface area contributed by atoms with E-state index in [1.807, 2.05) is 16.5 Å². The molecule has 4 rings (SSSR count). The summed E-state index contributed by atoms with van der Waals surface area (Å²) in [6.45, 7) is 5.51. The minimum atomic E-state index is -0.243. The van der Waals surface area contributed by atoms with Gasteiger partial charge in [-0.2, -0.15) is 0 Å². The second-order valence-corrected chi connectivity index (χ2v) is 7.76. The molecule has 0 N–H and O–H groups in total. The number of hydrogen-bond donors (Lipinski definition) is 0. The topological polar surface area (TPSA) is 48.9 Å². The van der Waals surface area contributed by atoms with Crippen LogP contribution in [0.25, 0.3) is 0 Å². The number of nitrogens with zero attached hydrogens (tertiary/aromatic N) is 4. The Hall–Kier alpha value is -1.02. The molecule has 0 bridgehead atoms. The number of thiazole rings is 1. The molecule has 1 amide bonds. The minimum Gasteiger partial charge on any atom is -0.363 e. The molecule has 3 saturated heterocycles. The molecule has 1 aromatic rings. The molecule has 0 spiro atoms. The molecule has 6 nitrogen and oxygen atoms in total. The molecule has 7 heteroatoms. The lowest BCUT2D eigenvalue weighted by atomic mass is 10.1. The van der Waals surface area contributed by atoms with E-state index in [2.05, 4.69) is 21.8 Å². The largest absolute Gasteiger partial charge is 0.363 e. The number of hydrogen-bond acceptors (Lipinski definition) is 6. The first-order valence-corrected chi connectivity index (χ1v) is 9.34. The molecule has 126 valence electrons. The molecule has 3 aliphatic rings. The third-order valence-corrected chi connectivity index (χ3v) is 6.07. The third-order valence-electron chi connectivity index (χ3n) is 5.31. The summed E-state index contributed by atoms with van der Waals surface area (Å²) >= 11 is 1.70. The Balaban J connectivity index is 1.36. The average Bonchev–Trinajstić information content (AvgIpc) is 3.26. The highest BCUT2D eigenvalue weighted by molar-refractivity contribution is 7.09. The maximum absolute atomic E-state index is 12.7. The van der Waals surface area contributed by atoms with Crippen LogP contribution in [0, 0.1) is 0 Å². The van der Waals surface area contributed by atoms with Gasteiger partial charge in [0.05, 0.1) is 12.6 Å². The van der Waals surface area contributed by atoms with Crippen molar-refractivity contribution in [3.8, 4) is 0 Å². The molecule has 0 radical (unpaired) electrons. The monoisotopic (exact) mass is 336 g/mol. The number of likely N-dealkylation sites (N-methyl/N-ethyl adjacent to an activating group) is 1. The van der Waals surface area contributed by atoms with Gasteiger partial charge in [-0.25, -0.2) is 4.98 Å². The molecule has 0 unspecified atom stereocenters. The lowest BCUT2D eigenvalue weighted by Gasteiger charge is -2.34. The normalized spacial score (nSPS) is 32.4. The third kappa shape index (κ3) is 3.15. The molecule has 23 heavy (non-hydrogen) atoms. The lowest BCUT2D eigenvalue weighted by molar-refractivity contribution is -0.144. The first-order valence-electron chi connectivity index (χ1n) is 8.46. The second-order valence-electron chi connectivity index (χ2n) is 6.78. The summed E-state index contributed by atoms with van der Waals surface area (Å²) in [5, 5.41) is 3.17. The van der Waals surface area contributed by atoms with Crippen LogP contribution < -0.4 is 0 Å². The van der Waals surface area contributed by atoms with Crippen LogP contribution in [0.2, 0.25) is 0 Å². The first kappa shape index (κ1) is 15.5. The van der Waals surface area contributed by atoms with Gasteiger partial charge in [-0.15, -0.1) is 11.3 Å². The van der Waals surface area contributed by atoms with Crippen LogP contribution in [-0.4, -0.2) is 83.6 Å². The number of aromatic nitrogens is 1. The highest BCUT2D eigenvalue weighted by Crippen LogP contribution is 2.34. The predicted molar refractivity (Wildman–Crippen MR) is 88.3 cm³/mol. The molecular formula is C16H24N4O2S. The molecule has 0 aromatic carbocycles. The van der Waals surface area contributed by atoms with Crippen molar-refractivity contribution in [3.63, 3.8) is 0 Å². The van der Waals surface area contributed by atoms with Crippen LogP contribution in [-0.2, 0) is 16.1 Å². The van der Waals surface area contributed by atoms with E-state index in [0.717, 1.165) is 57.1 Å². The van der Waals surface area contributed by atoms with Crippen LogP contribution >= 0.6 is 11.3 Å². The van der Waals surface area contributed by atoms with Crippen molar-refractivity contribution in [2.75, 3.05) is 39.8 Å². The zero-order chi connectivity index (χ0) is 15.8. The van der Waals surface area contributed by atoms with Gasteiger partial charge < -0.3 is 14.5 Å². The van der Waals surface area contributed by atoms with Gasteiger partial charge in [-0.3, -0.25) is 9.69 Å². The van der Waals surface area contributed by atoms with Gasteiger partial charge in [0.1, 0.15) is 11.1 Å². The van der Waals surface area contributed by atoms with Crippen molar-refractivity contribution >= 4 is 17.2 Å². The van der Waals surface area contributed by atoms with Crippen LogP contribution in [0.3, 0.4) is 0 Å². The second kappa shape index (κ2) is 6.47. The van der Waals surface area contributed by atoms with E-state index in [1.54, 1.807) is 11.3 Å². The molecule has 3 atom stereocenters. The Bertz CT molecular complexity index is 544. The predicted octanol–water partition coefficient (Wildman–Crippen LogP) is 0.649. The number of ether oxygens (including phenoxy) is 1. The molecular weight excluding hydrogens is 312 g/mol. The van der Waals surface area contributed by atoms with Gasteiger partial charge in [0.25, 0.3) is 5.91 Å². The number of carbonyl (C=O) groups excluding carboxylic acids is 1. The van der Waals surface area contributed by atoms with E-state index in [1.165, 1.54) is 0 Å². The van der Waals surface area contributed by atoms with Gasteiger partial charge >= 0.3 is 0 Å². The molecule has 0 saturated carbocycles. The Morgan fingerprint density at radius 1 is 1.35 bits per heavy atom. The smallest absolute Gasteiger partial charge is 0.251 e. The van der Waals surface area contributed by atoms with Crippen LogP contribution in [0.1, 0.15) is 17.8 Å². The number of likely N-dealkylation sites (tertiary alicyclic amines) is 1. The molecule has 1 aromatic heterocycles. The Kier molecular flexibility index (Phi) is 4.36. The van der Waals surface area contributed by atoms with Crippen molar-refractivity contribution in [3.05, 3.63) is 16.6 Å². The van der Waals surface area contributed by atoms with Crippen LogP contribution in [0.15, 0.2) is 11.6 Å². The van der Waals surface area contributed by atoms with E-state index in [4.69, 9.17) is 4.74 Å². The summed E-state index contributed by atoms with van der Waals surface area (Å²) < 4.78 is 6.11. The SMILES string of the molecule is CN1CCN(C(=O)[C@H]2C[C@H]3[C@H](CCN3Cc3nccs3)O2)CC1. The summed E-state index contributed by atoms with van der Waals surface area (Å²) in [7, 11) is 2.11. The van der Waals surface area contributed by atoms with E-state index < -0.39 is 0 Å². The van der Waals surface area contributed by atoms with Gasteiger partial charge in [0, 0.05) is 56.8 Å². The number of carbonyl (C=O) groups is 1. The fourth-order valence-corrected chi connectivity index (χ4v) is 4.56. The van der Waals surface area contributed by atoms with E-state index in [0.29, 0.717) is 6.04 Å². The van der Waals surface area contributed by atoms with Gasteiger partial charge in [-0.05, 0) is 13.5 Å². The maximum Gasteiger partial charge on any atom is 0.251 e. The van der Waals surface area contributed by atoms with Gasteiger partial charge in [0.2, 0.25) is 0 Å². The fourth-order valence-electron chi connectivity index (χ4n) is 3.92. The van der Waals surface area contributed by atoms with Crippen molar-refractivity contribution in [1.82, 2.24) is 19.7 Å².